The average molecular weight is 312 g/mol. The summed E-state index contributed by atoms with van der Waals surface area (Å²) in [6.07, 6.45) is 1.89. The summed E-state index contributed by atoms with van der Waals surface area (Å²) in [4.78, 5) is 3.13. The largest absolute Gasteiger partial charge is 0.278 e. The van der Waals surface area contributed by atoms with Crippen LogP contribution in [0.2, 0.25) is 0 Å². The van der Waals surface area contributed by atoms with Crippen LogP contribution in [0.25, 0.3) is 0 Å². The van der Waals surface area contributed by atoms with Crippen molar-refractivity contribution in [2.24, 2.45) is 5.10 Å². The minimum atomic E-state index is -4.94. The van der Waals surface area contributed by atoms with Gasteiger partial charge in [0.05, 0.1) is 5.69 Å². The maximum atomic E-state index is 8.49. The summed E-state index contributed by atoms with van der Waals surface area (Å²) >= 11 is 0. The van der Waals surface area contributed by atoms with E-state index in [-0.39, 0.29) is 0 Å². The monoisotopic (exact) mass is 311 g/mol. The van der Waals surface area contributed by atoms with E-state index >= 15 is 0 Å². The van der Waals surface area contributed by atoms with Crippen molar-refractivity contribution in [1.82, 2.24) is 0 Å². The molecule has 0 atom stereocenters. The van der Waals surface area contributed by atoms with Crippen LogP contribution in [-0.2, 0) is 0 Å². The zero-order valence-electron chi connectivity index (χ0n) is 11.2. The highest BCUT2D eigenvalue weighted by atomic mass is 35.7. The molecule has 0 saturated carbocycles. The summed E-state index contributed by atoms with van der Waals surface area (Å²) in [5, 5.41) is 4.30. The molecule has 1 aromatic heterocycles. The Balaban J connectivity index is 0.000000383. The first-order valence-electron chi connectivity index (χ1n) is 5.80. The number of aromatic nitrogens is 1. The summed E-state index contributed by atoms with van der Waals surface area (Å²) in [6.45, 7) is 1.96. The number of hydrazone groups is 1. The van der Waals surface area contributed by atoms with Crippen LogP contribution in [0.4, 0.5) is 5.69 Å². The van der Waals surface area contributed by atoms with E-state index in [9.17, 15) is 0 Å². The number of benzene rings is 1. The summed E-state index contributed by atoms with van der Waals surface area (Å²) < 4.78 is 34.0. The molecule has 7 nitrogen and oxygen atoms in total. The van der Waals surface area contributed by atoms with Crippen molar-refractivity contribution < 1.29 is 33.9 Å². The lowest BCUT2D eigenvalue weighted by Crippen LogP contribution is -2.68. The molecule has 2 aromatic rings. The van der Waals surface area contributed by atoms with Gasteiger partial charge in [0.1, 0.15) is 5.71 Å². The number of hydrogen-bond donors (Lipinski definition) is 1. The molecule has 112 valence electrons. The van der Waals surface area contributed by atoms with Gasteiger partial charge in [-0.15, -0.1) is 10.2 Å². The van der Waals surface area contributed by atoms with E-state index in [0.29, 0.717) is 0 Å². The third kappa shape index (κ3) is 8.69. The van der Waals surface area contributed by atoms with Gasteiger partial charge < -0.3 is 0 Å². The summed E-state index contributed by atoms with van der Waals surface area (Å²) in [7, 11) is -4.94. The van der Waals surface area contributed by atoms with Crippen molar-refractivity contribution in [3.63, 3.8) is 0 Å². The number of halogens is 1. The average Bonchev–Trinajstić information content (AvgIpc) is 2.45. The fraction of sp³-hybridized carbons (Fsp3) is 0.0769. The fourth-order valence-corrected chi connectivity index (χ4v) is 1.34. The molecule has 0 unspecified atom stereocenters. The van der Waals surface area contributed by atoms with E-state index in [4.69, 9.17) is 18.6 Å². The highest BCUT2D eigenvalue weighted by Gasteiger charge is 2.02. The van der Waals surface area contributed by atoms with Gasteiger partial charge in [0.15, 0.2) is 6.20 Å². The number of hydrogen-bond acceptors (Lipinski definition) is 6. The third-order valence-corrected chi connectivity index (χ3v) is 2.23. The summed E-state index contributed by atoms with van der Waals surface area (Å²) in [5.41, 5.74) is 5.92. The first-order chi connectivity index (χ1) is 9.86. The second-order valence-electron chi connectivity index (χ2n) is 3.83. The Kier molecular flexibility index (Phi) is 6.73. The van der Waals surface area contributed by atoms with Crippen molar-refractivity contribution in [1.29, 1.82) is 0 Å². The number of nitrogens with zero attached hydrogens (tertiary/aromatic N) is 1. The fourth-order valence-electron chi connectivity index (χ4n) is 1.34. The first-order valence-corrected chi connectivity index (χ1v) is 7.04. The molecule has 0 aliphatic heterocycles. The number of aromatic amines is 1. The SMILES string of the molecule is C/C(=N\Nc1ccccc1)c1cccc[nH+]1.[O-][Cl+3]([O-])([O-])[O-]. The molecular formula is C13H14ClN3O4. The van der Waals surface area contributed by atoms with E-state index in [2.05, 4.69) is 15.5 Å². The molecule has 0 aliphatic carbocycles. The van der Waals surface area contributed by atoms with Crippen molar-refractivity contribution in [2.75, 3.05) is 5.43 Å². The predicted molar refractivity (Wildman–Crippen MR) is 65.3 cm³/mol. The van der Waals surface area contributed by atoms with Gasteiger partial charge in [-0.25, -0.2) is 23.6 Å². The van der Waals surface area contributed by atoms with Crippen LogP contribution in [0.15, 0.2) is 59.8 Å². The zero-order chi connectivity index (χ0) is 15.7. The van der Waals surface area contributed by atoms with Crippen LogP contribution in [0, 0.1) is 10.2 Å². The molecule has 2 N–H and O–H groups in total. The van der Waals surface area contributed by atoms with Gasteiger partial charge in [-0.2, -0.15) is 5.10 Å². The standard InChI is InChI=1S/C13H13N3.ClHO4/c1-11(13-9-5-6-10-14-13)15-16-12-7-3-2-4-8-12;2-1(3,4)5/h2-10,16H,1H3;(H,2,3,4,5)/b15-11+;. The minimum Gasteiger partial charge on any atom is -0.278 e. The van der Waals surface area contributed by atoms with E-state index < -0.39 is 10.2 Å². The van der Waals surface area contributed by atoms with Gasteiger partial charge in [0.25, 0.3) is 0 Å². The second kappa shape index (κ2) is 8.30. The third-order valence-electron chi connectivity index (χ3n) is 2.23. The van der Waals surface area contributed by atoms with E-state index in [1.807, 2.05) is 61.7 Å². The molecule has 0 fully saturated rings. The Morgan fingerprint density at radius 3 is 2.10 bits per heavy atom. The summed E-state index contributed by atoms with van der Waals surface area (Å²) in [6, 6.07) is 15.8. The normalized spacial score (nSPS) is 11.4. The highest BCUT2D eigenvalue weighted by molar-refractivity contribution is 5.95. The topological polar surface area (TPSA) is 131 Å². The molecule has 8 heteroatoms. The van der Waals surface area contributed by atoms with E-state index in [0.717, 1.165) is 17.1 Å². The maximum absolute atomic E-state index is 8.49. The second-order valence-corrected chi connectivity index (χ2v) is 4.59. The molecular weight excluding hydrogens is 298 g/mol. The molecule has 0 bridgehead atoms. The van der Waals surface area contributed by atoms with Crippen LogP contribution < -0.4 is 29.0 Å². The lowest BCUT2D eigenvalue weighted by molar-refractivity contribution is -2.00. The zero-order valence-corrected chi connectivity index (χ0v) is 11.9. The minimum absolute atomic E-state index is 0.921. The molecule has 0 radical (unpaired) electrons. The maximum Gasteiger partial charge on any atom is 0.226 e. The van der Waals surface area contributed by atoms with E-state index in [1.165, 1.54) is 0 Å². The number of H-pyrrole nitrogens is 1. The Morgan fingerprint density at radius 2 is 1.57 bits per heavy atom. The van der Waals surface area contributed by atoms with Gasteiger partial charge in [0.2, 0.25) is 5.69 Å². The molecule has 21 heavy (non-hydrogen) atoms. The van der Waals surface area contributed by atoms with Crippen LogP contribution >= 0.6 is 0 Å². The molecule has 1 heterocycles. The van der Waals surface area contributed by atoms with Gasteiger partial charge in [-0.1, -0.05) is 18.2 Å². The van der Waals surface area contributed by atoms with Crippen molar-refractivity contribution in [2.45, 2.75) is 6.92 Å². The Morgan fingerprint density at radius 1 is 1.00 bits per heavy atom. The molecule has 1 aromatic carbocycles. The number of pyridine rings is 1. The van der Waals surface area contributed by atoms with Gasteiger partial charge in [0, 0.05) is 12.1 Å². The predicted octanol–water partition coefficient (Wildman–Crippen LogP) is -2.42. The van der Waals surface area contributed by atoms with Gasteiger partial charge in [-0.3, -0.25) is 5.43 Å². The van der Waals surface area contributed by atoms with Crippen molar-refractivity contribution >= 4 is 11.4 Å². The lowest BCUT2D eigenvalue weighted by Gasteiger charge is -2.17. The molecule has 0 aliphatic rings. The number of rotatable bonds is 3. The highest BCUT2D eigenvalue weighted by Crippen LogP contribution is 2.05. The Labute approximate surface area is 123 Å². The molecule has 0 saturated heterocycles. The van der Waals surface area contributed by atoms with Crippen LogP contribution in [0.3, 0.4) is 0 Å². The van der Waals surface area contributed by atoms with Gasteiger partial charge in [-0.05, 0) is 25.1 Å². The quantitative estimate of drug-likeness (QED) is 0.498. The van der Waals surface area contributed by atoms with Crippen molar-refractivity contribution in [3.8, 4) is 0 Å². The van der Waals surface area contributed by atoms with Crippen LogP contribution in [-0.4, -0.2) is 5.71 Å². The summed E-state index contributed by atoms with van der Waals surface area (Å²) in [5.74, 6) is 0. The number of para-hydroxylation sites is 1. The van der Waals surface area contributed by atoms with Crippen molar-refractivity contribution in [3.05, 3.63) is 60.4 Å². The van der Waals surface area contributed by atoms with Crippen LogP contribution in [0.1, 0.15) is 12.6 Å². The Bertz CT molecular complexity index is 553. The van der Waals surface area contributed by atoms with Gasteiger partial charge >= 0.3 is 0 Å². The smallest absolute Gasteiger partial charge is 0.226 e. The molecule has 0 amide bonds. The number of nitrogens with one attached hydrogen (secondary N) is 2. The van der Waals surface area contributed by atoms with E-state index in [1.54, 1.807) is 0 Å². The lowest BCUT2D eigenvalue weighted by atomic mass is 10.3. The number of anilines is 1. The van der Waals surface area contributed by atoms with Crippen LogP contribution in [0.5, 0.6) is 0 Å². The molecule has 2 rings (SSSR count). The Hall–Kier alpha value is -2.03. The molecule has 0 spiro atoms. The first kappa shape index (κ1) is 17.0.